The van der Waals surface area contributed by atoms with Crippen molar-refractivity contribution in [3.63, 3.8) is 0 Å². The number of hydrogen-bond acceptors (Lipinski definition) is 8. The van der Waals surface area contributed by atoms with Gasteiger partial charge in [0.15, 0.2) is 15.4 Å². The van der Waals surface area contributed by atoms with E-state index in [1.54, 1.807) is 12.1 Å². The van der Waals surface area contributed by atoms with Crippen molar-refractivity contribution in [1.29, 1.82) is 0 Å². The second-order valence-electron chi connectivity index (χ2n) is 6.97. The predicted octanol–water partition coefficient (Wildman–Crippen LogP) is 2.60. The summed E-state index contributed by atoms with van der Waals surface area (Å²) < 4.78 is 46.4. The smallest absolute Gasteiger partial charge is 0.340 e. The van der Waals surface area contributed by atoms with Crippen molar-refractivity contribution in [2.75, 3.05) is 28.4 Å². The Kier molecular flexibility index (Phi) is 7.76. The molecule has 2 N–H and O–H groups in total. The summed E-state index contributed by atoms with van der Waals surface area (Å²) in [4.78, 5) is 11.4. The molecule has 10 heteroatoms. The lowest BCUT2D eigenvalue weighted by molar-refractivity contribution is -0.157. The molecule has 174 valence electrons. The molecule has 0 amide bonds. The quantitative estimate of drug-likeness (QED) is 0.543. The van der Waals surface area contributed by atoms with Crippen molar-refractivity contribution in [2.24, 2.45) is 0 Å². The summed E-state index contributed by atoms with van der Waals surface area (Å²) in [5.74, 6) is -0.600. The van der Waals surface area contributed by atoms with Crippen LogP contribution in [0.1, 0.15) is 23.6 Å². The van der Waals surface area contributed by atoms with Gasteiger partial charge in [0.2, 0.25) is 0 Å². The number of ether oxygens (including phenoxy) is 4. The normalized spacial score (nSPS) is 13.4. The Morgan fingerprint density at radius 3 is 2.00 bits per heavy atom. The van der Waals surface area contributed by atoms with Crippen molar-refractivity contribution in [3.8, 4) is 23.0 Å². The number of carboxylic acids is 1. The van der Waals surface area contributed by atoms with E-state index in [-0.39, 0.29) is 16.9 Å². The van der Waals surface area contributed by atoms with Gasteiger partial charge in [-0.05, 0) is 30.7 Å². The van der Waals surface area contributed by atoms with E-state index in [0.717, 1.165) is 12.3 Å². The number of aliphatic hydroxyl groups is 1. The topological polar surface area (TPSA) is 129 Å². The standard InChI is InChI=1S/C22H26O9S/c1-22(25,21(23)24)17-10-14(6-7-18(17)29-3)13-32(26,27)9-8-16-19(30-4)11-15(28-2)12-20(16)31-5/h6-12,25H,13H2,1-5H3,(H,23,24)/b9-8+. The summed E-state index contributed by atoms with van der Waals surface area (Å²) in [5, 5.41) is 20.7. The van der Waals surface area contributed by atoms with E-state index in [1.165, 1.54) is 52.7 Å². The van der Waals surface area contributed by atoms with Gasteiger partial charge in [0, 0.05) is 23.1 Å². The molecule has 0 aliphatic rings. The summed E-state index contributed by atoms with van der Waals surface area (Å²) in [5.41, 5.74) is -1.63. The van der Waals surface area contributed by atoms with Crippen molar-refractivity contribution < 1.29 is 42.4 Å². The average Bonchev–Trinajstić information content (AvgIpc) is 2.76. The summed E-state index contributed by atoms with van der Waals surface area (Å²) in [6.07, 6.45) is 1.35. The van der Waals surface area contributed by atoms with Crippen LogP contribution in [0.2, 0.25) is 0 Å². The molecule has 0 aliphatic heterocycles. The van der Waals surface area contributed by atoms with Gasteiger partial charge in [0.25, 0.3) is 0 Å². The molecule has 0 heterocycles. The molecular formula is C22H26O9S. The fraction of sp³-hybridized carbons (Fsp3) is 0.318. The predicted molar refractivity (Wildman–Crippen MR) is 118 cm³/mol. The summed E-state index contributed by atoms with van der Waals surface area (Å²) in [6.45, 7) is 1.09. The lowest BCUT2D eigenvalue weighted by Gasteiger charge is -2.21. The molecule has 1 unspecified atom stereocenters. The maximum Gasteiger partial charge on any atom is 0.340 e. The van der Waals surface area contributed by atoms with Crippen LogP contribution in [0.4, 0.5) is 0 Å². The summed E-state index contributed by atoms with van der Waals surface area (Å²) >= 11 is 0. The molecule has 2 rings (SSSR count). The third-order valence-electron chi connectivity index (χ3n) is 4.77. The van der Waals surface area contributed by atoms with Gasteiger partial charge in [-0.25, -0.2) is 13.2 Å². The third kappa shape index (κ3) is 5.51. The molecule has 0 saturated carbocycles. The van der Waals surface area contributed by atoms with E-state index in [2.05, 4.69) is 0 Å². The van der Waals surface area contributed by atoms with Crippen LogP contribution in [0.25, 0.3) is 6.08 Å². The van der Waals surface area contributed by atoms with E-state index < -0.39 is 27.2 Å². The molecule has 0 saturated heterocycles. The second-order valence-corrected chi connectivity index (χ2v) is 8.85. The number of aliphatic carboxylic acids is 1. The minimum Gasteiger partial charge on any atom is -0.496 e. The fourth-order valence-corrected chi connectivity index (χ4v) is 4.07. The number of benzene rings is 2. The molecule has 2 aromatic carbocycles. The Bertz CT molecular complexity index is 1090. The van der Waals surface area contributed by atoms with Gasteiger partial charge in [0.05, 0.1) is 39.8 Å². The first-order valence-corrected chi connectivity index (χ1v) is 11.0. The molecule has 1 atom stereocenters. The van der Waals surface area contributed by atoms with Crippen LogP contribution in [-0.4, -0.2) is 53.0 Å². The van der Waals surface area contributed by atoms with Crippen LogP contribution in [-0.2, 0) is 26.0 Å². The first-order chi connectivity index (χ1) is 15.0. The molecule has 9 nitrogen and oxygen atoms in total. The number of sulfone groups is 1. The first kappa shape index (κ1) is 25.0. The molecule has 0 aromatic heterocycles. The molecular weight excluding hydrogens is 440 g/mol. The van der Waals surface area contributed by atoms with Crippen LogP contribution in [0, 0.1) is 0 Å². The zero-order valence-corrected chi connectivity index (χ0v) is 19.2. The molecule has 2 aromatic rings. The number of rotatable bonds is 10. The Hall–Kier alpha value is -3.24. The first-order valence-electron chi connectivity index (χ1n) is 9.33. The zero-order chi connectivity index (χ0) is 24.1. The fourth-order valence-electron chi connectivity index (χ4n) is 2.99. The van der Waals surface area contributed by atoms with Gasteiger partial charge >= 0.3 is 5.97 Å². The second kappa shape index (κ2) is 9.92. The van der Waals surface area contributed by atoms with E-state index >= 15 is 0 Å². The van der Waals surface area contributed by atoms with Gasteiger partial charge in [-0.1, -0.05) is 6.07 Å². The summed E-state index contributed by atoms with van der Waals surface area (Å²) in [7, 11) is 1.89. The highest BCUT2D eigenvalue weighted by Crippen LogP contribution is 2.35. The van der Waals surface area contributed by atoms with E-state index in [9.17, 15) is 23.4 Å². The van der Waals surface area contributed by atoms with Crippen molar-refractivity contribution in [1.82, 2.24) is 0 Å². The maximum atomic E-state index is 12.7. The van der Waals surface area contributed by atoms with Crippen molar-refractivity contribution >= 4 is 21.9 Å². The van der Waals surface area contributed by atoms with Crippen LogP contribution in [0.15, 0.2) is 35.7 Å². The Balaban J connectivity index is 2.42. The molecule has 0 radical (unpaired) electrons. The number of carboxylic acid groups (broad SMARTS) is 1. The number of carbonyl (C=O) groups is 1. The minimum atomic E-state index is -3.79. The molecule has 32 heavy (non-hydrogen) atoms. The lowest BCUT2D eigenvalue weighted by Crippen LogP contribution is -2.32. The minimum absolute atomic E-state index is 0.0531. The van der Waals surface area contributed by atoms with Crippen LogP contribution in [0.3, 0.4) is 0 Å². The Morgan fingerprint density at radius 2 is 1.53 bits per heavy atom. The highest BCUT2D eigenvalue weighted by atomic mass is 32.2. The third-order valence-corrected chi connectivity index (χ3v) is 6.05. The monoisotopic (exact) mass is 466 g/mol. The van der Waals surface area contributed by atoms with E-state index in [4.69, 9.17) is 18.9 Å². The highest BCUT2D eigenvalue weighted by molar-refractivity contribution is 7.93. The molecule has 0 aliphatic carbocycles. The largest absolute Gasteiger partial charge is 0.496 e. The van der Waals surface area contributed by atoms with Crippen molar-refractivity contribution in [3.05, 3.63) is 52.4 Å². The van der Waals surface area contributed by atoms with Crippen LogP contribution >= 0.6 is 0 Å². The molecule has 0 fully saturated rings. The van der Waals surface area contributed by atoms with Gasteiger partial charge < -0.3 is 29.2 Å². The zero-order valence-electron chi connectivity index (χ0n) is 18.4. The van der Waals surface area contributed by atoms with Gasteiger partial charge in [-0.3, -0.25) is 0 Å². The van der Waals surface area contributed by atoms with Gasteiger partial charge in [-0.15, -0.1) is 0 Å². The molecule has 0 bridgehead atoms. The number of methoxy groups -OCH3 is 4. The highest BCUT2D eigenvalue weighted by Gasteiger charge is 2.35. The van der Waals surface area contributed by atoms with E-state index in [1.807, 2.05) is 0 Å². The van der Waals surface area contributed by atoms with Crippen molar-refractivity contribution in [2.45, 2.75) is 18.3 Å². The Labute approximate surface area is 186 Å². The van der Waals surface area contributed by atoms with Gasteiger partial charge in [-0.2, -0.15) is 0 Å². The SMILES string of the molecule is COc1cc(OC)c(/C=C/S(=O)(=O)Cc2ccc(OC)c(C(C)(O)C(=O)O)c2)c(OC)c1. The van der Waals surface area contributed by atoms with Gasteiger partial charge in [0.1, 0.15) is 23.0 Å². The van der Waals surface area contributed by atoms with Crippen LogP contribution in [0.5, 0.6) is 23.0 Å². The molecule has 0 spiro atoms. The van der Waals surface area contributed by atoms with Crippen LogP contribution < -0.4 is 18.9 Å². The summed E-state index contributed by atoms with van der Waals surface area (Å²) in [6, 6.07) is 7.39. The van der Waals surface area contributed by atoms with E-state index in [0.29, 0.717) is 22.8 Å². The maximum absolute atomic E-state index is 12.7. The Morgan fingerprint density at radius 1 is 0.969 bits per heavy atom. The average molecular weight is 467 g/mol. The lowest BCUT2D eigenvalue weighted by atomic mass is 9.94. The number of hydrogen-bond donors (Lipinski definition) is 2.